The second-order valence-electron chi connectivity index (χ2n) is 6.48. The number of rotatable bonds is 2. The molecule has 0 aromatic heterocycles. The van der Waals surface area contributed by atoms with Crippen LogP contribution in [0.25, 0.3) is 0 Å². The minimum absolute atomic E-state index is 0.0719. The summed E-state index contributed by atoms with van der Waals surface area (Å²) >= 11 is 0. The number of aryl methyl sites for hydroxylation is 1. The summed E-state index contributed by atoms with van der Waals surface area (Å²) in [5.41, 5.74) is 3.12. The van der Waals surface area contributed by atoms with E-state index in [1.807, 2.05) is 12.1 Å². The Morgan fingerprint density at radius 3 is 3.10 bits per heavy atom. The smallest absolute Gasteiger partial charge is 0.253 e. The second kappa shape index (κ2) is 6.06. The molecule has 4 heteroatoms. The Kier molecular flexibility index (Phi) is 4.15. The molecule has 1 aromatic carbocycles. The molecule has 0 bridgehead atoms. The summed E-state index contributed by atoms with van der Waals surface area (Å²) in [6, 6.07) is 6.34. The minimum Gasteiger partial charge on any atom is -0.384 e. The van der Waals surface area contributed by atoms with E-state index in [-0.39, 0.29) is 11.9 Å². The molecular weight excluding hydrogens is 262 g/mol. The first kappa shape index (κ1) is 14.4. The molecule has 1 amide bonds. The van der Waals surface area contributed by atoms with Crippen LogP contribution in [0.15, 0.2) is 18.2 Å². The Bertz CT molecular complexity index is 529. The van der Waals surface area contributed by atoms with Crippen LogP contribution in [-0.2, 0) is 6.42 Å². The average Bonchev–Trinajstić information content (AvgIpc) is 2.49. The molecule has 114 valence electrons. The first-order chi connectivity index (χ1) is 10.1. The Balaban J connectivity index is 1.74. The fourth-order valence-electron chi connectivity index (χ4n) is 3.51. The van der Waals surface area contributed by atoms with Gasteiger partial charge in [-0.3, -0.25) is 4.79 Å². The third kappa shape index (κ3) is 3.05. The molecule has 3 rings (SSSR count). The normalized spacial score (nSPS) is 25.8. The van der Waals surface area contributed by atoms with Gasteiger partial charge in [0.1, 0.15) is 0 Å². The fourth-order valence-corrected chi connectivity index (χ4v) is 3.51. The molecule has 1 saturated heterocycles. The number of nitrogens with one attached hydrogen (secondary N) is 2. The lowest BCUT2D eigenvalue weighted by Gasteiger charge is -2.35. The monoisotopic (exact) mass is 287 g/mol. The van der Waals surface area contributed by atoms with E-state index in [0.29, 0.717) is 5.92 Å². The number of likely N-dealkylation sites (tertiary alicyclic amines) is 1. The van der Waals surface area contributed by atoms with Crippen LogP contribution in [0.2, 0.25) is 0 Å². The zero-order chi connectivity index (χ0) is 14.8. The molecule has 2 heterocycles. The molecule has 1 fully saturated rings. The van der Waals surface area contributed by atoms with Gasteiger partial charge in [0.15, 0.2) is 0 Å². The van der Waals surface area contributed by atoms with Gasteiger partial charge < -0.3 is 15.5 Å². The van der Waals surface area contributed by atoms with Gasteiger partial charge in [0.25, 0.3) is 5.91 Å². The van der Waals surface area contributed by atoms with Gasteiger partial charge in [0, 0.05) is 19.1 Å². The number of hydrogen-bond donors (Lipinski definition) is 2. The van der Waals surface area contributed by atoms with Crippen LogP contribution in [0, 0.1) is 5.92 Å². The van der Waals surface area contributed by atoms with Crippen molar-refractivity contribution in [3.8, 4) is 0 Å². The number of nitrogens with zero attached hydrogens (tertiary/aromatic N) is 1. The van der Waals surface area contributed by atoms with Crippen molar-refractivity contribution in [1.29, 1.82) is 0 Å². The maximum atomic E-state index is 12.6. The number of para-hydroxylation sites is 1. The highest BCUT2D eigenvalue weighted by molar-refractivity contribution is 6.00. The fraction of sp³-hybridized carbons (Fsp3) is 0.588. The molecule has 2 N–H and O–H groups in total. The number of anilines is 1. The standard InChI is InChI=1S/C17H25N3O/c1-12-11-20(2)10-8-15(12)19-17(21)14-7-3-5-13-6-4-9-18-16(13)14/h3,5,7,12,15,18H,4,6,8-11H2,1-2H3,(H,19,21). The number of hydrogen-bond acceptors (Lipinski definition) is 3. The lowest BCUT2D eigenvalue weighted by molar-refractivity contribution is 0.0884. The number of amides is 1. The highest BCUT2D eigenvalue weighted by Gasteiger charge is 2.27. The Morgan fingerprint density at radius 2 is 2.29 bits per heavy atom. The van der Waals surface area contributed by atoms with Crippen molar-refractivity contribution < 1.29 is 4.79 Å². The van der Waals surface area contributed by atoms with Crippen molar-refractivity contribution in [1.82, 2.24) is 10.2 Å². The van der Waals surface area contributed by atoms with Crippen LogP contribution in [-0.4, -0.2) is 43.5 Å². The molecule has 4 nitrogen and oxygen atoms in total. The first-order valence-corrected chi connectivity index (χ1v) is 8.00. The van der Waals surface area contributed by atoms with E-state index in [9.17, 15) is 4.79 Å². The van der Waals surface area contributed by atoms with Crippen molar-refractivity contribution >= 4 is 11.6 Å². The molecule has 2 unspecified atom stereocenters. The summed E-state index contributed by atoms with van der Waals surface area (Å²) in [5, 5.41) is 6.65. The van der Waals surface area contributed by atoms with Gasteiger partial charge in [-0.1, -0.05) is 19.1 Å². The summed E-state index contributed by atoms with van der Waals surface area (Å²) in [7, 11) is 2.14. The molecule has 21 heavy (non-hydrogen) atoms. The van der Waals surface area contributed by atoms with E-state index in [4.69, 9.17) is 0 Å². The maximum absolute atomic E-state index is 12.6. The number of benzene rings is 1. The third-order valence-electron chi connectivity index (χ3n) is 4.74. The molecule has 0 spiro atoms. The summed E-state index contributed by atoms with van der Waals surface area (Å²) in [4.78, 5) is 15.0. The van der Waals surface area contributed by atoms with E-state index in [1.165, 1.54) is 5.56 Å². The summed E-state index contributed by atoms with van der Waals surface area (Å²) < 4.78 is 0. The van der Waals surface area contributed by atoms with Gasteiger partial charge in [0.05, 0.1) is 11.3 Å². The number of piperidine rings is 1. The molecule has 1 aromatic rings. The molecule has 2 aliphatic heterocycles. The van der Waals surface area contributed by atoms with Crippen LogP contribution in [0.3, 0.4) is 0 Å². The van der Waals surface area contributed by atoms with Crippen molar-refractivity contribution in [3.05, 3.63) is 29.3 Å². The van der Waals surface area contributed by atoms with Crippen molar-refractivity contribution in [2.75, 3.05) is 32.0 Å². The third-order valence-corrected chi connectivity index (χ3v) is 4.74. The van der Waals surface area contributed by atoms with E-state index in [0.717, 1.165) is 50.1 Å². The lowest BCUT2D eigenvalue weighted by Crippen LogP contribution is -2.49. The molecule has 2 aliphatic rings. The highest BCUT2D eigenvalue weighted by atomic mass is 16.1. The van der Waals surface area contributed by atoms with Gasteiger partial charge in [-0.25, -0.2) is 0 Å². The van der Waals surface area contributed by atoms with E-state index >= 15 is 0 Å². The van der Waals surface area contributed by atoms with Gasteiger partial charge >= 0.3 is 0 Å². The second-order valence-corrected chi connectivity index (χ2v) is 6.48. The minimum atomic E-state index is 0.0719. The van der Waals surface area contributed by atoms with Gasteiger partial charge in [-0.05, 0) is 50.4 Å². The number of carbonyl (C=O) groups is 1. The van der Waals surface area contributed by atoms with E-state index in [2.05, 4.69) is 35.6 Å². The maximum Gasteiger partial charge on any atom is 0.253 e. The van der Waals surface area contributed by atoms with Crippen LogP contribution in [0.1, 0.15) is 35.7 Å². The number of carbonyl (C=O) groups excluding carboxylic acids is 1. The quantitative estimate of drug-likeness (QED) is 0.875. The van der Waals surface area contributed by atoms with Crippen molar-refractivity contribution in [2.45, 2.75) is 32.2 Å². The summed E-state index contributed by atoms with van der Waals surface area (Å²) in [6.07, 6.45) is 3.24. The molecule has 0 aliphatic carbocycles. The van der Waals surface area contributed by atoms with Crippen LogP contribution in [0.5, 0.6) is 0 Å². The van der Waals surface area contributed by atoms with E-state index in [1.54, 1.807) is 0 Å². The summed E-state index contributed by atoms with van der Waals surface area (Å²) in [5.74, 6) is 0.572. The zero-order valence-electron chi connectivity index (χ0n) is 13.0. The van der Waals surface area contributed by atoms with Gasteiger partial charge in [-0.15, -0.1) is 0 Å². The summed E-state index contributed by atoms with van der Waals surface area (Å²) in [6.45, 7) is 5.29. The van der Waals surface area contributed by atoms with Crippen LogP contribution in [0.4, 0.5) is 5.69 Å². The zero-order valence-corrected chi connectivity index (χ0v) is 13.0. The Hall–Kier alpha value is -1.55. The predicted octanol–water partition coefficient (Wildman–Crippen LogP) is 2.11. The van der Waals surface area contributed by atoms with Crippen molar-refractivity contribution in [3.63, 3.8) is 0 Å². The number of fused-ring (bicyclic) bond motifs is 1. The van der Waals surface area contributed by atoms with Gasteiger partial charge in [-0.2, -0.15) is 0 Å². The molecule has 0 radical (unpaired) electrons. The lowest BCUT2D eigenvalue weighted by atomic mass is 9.93. The molecule has 2 atom stereocenters. The average molecular weight is 287 g/mol. The first-order valence-electron chi connectivity index (χ1n) is 8.00. The SMILES string of the molecule is CC1CN(C)CCC1NC(=O)c1cccc2c1NCCC2. The van der Waals surface area contributed by atoms with Crippen LogP contribution < -0.4 is 10.6 Å². The van der Waals surface area contributed by atoms with Crippen LogP contribution >= 0.6 is 0 Å². The predicted molar refractivity (Wildman–Crippen MR) is 85.8 cm³/mol. The largest absolute Gasteiger partial charge is 0.384 e. The molecule has 0 saturated carbocycles. The Labute approximate surface area is 126 Å². The van der Waals surface area contributed by atoms with Gasteiger partial charge in [0.2, 0.25) is 0 Å². The van der Waals surface area contributed by atoms with Crippen molar-refractivity contribution in [2.24, 2.45) is 5.92 Å². The van der Waals surface area contributed by atoms with E-state index < -0.39 is 0 Å². The highest BCUT2D eigenvalue weighted by Crippen LogP contribution is 2.26. The topological polar surface area (TPSA) is 44.4 Å². The Morgan fingerprint density at radius 1 is 1.43 bits per heavy atom. The molecular formula is C17H25N3O.